The lowest BCUT2D eigenvalue weighted by atomic mass is 9.76. The number of nitrogens with one attached hydrogen (secondary N) is 8. The van der Waals surface area contributed by atoms with E-state index in [0.717, 1.165) is 6.08 Å². The lowest BCUT2D eigenvalue weighted by molar-refractivity contribution is -0.251. The van der Waals surface area contributed by atoms with Gasteiger partial charge in [-0.15, -0.1) is 0 Å². The Kier molecular flexibility index (Phi) is 23.5. The molecule has 6 aliphatic rings. The normalized spacial score (nSPS) is 31.0. The second kappa shape index (κ2) is 31.7. The van der Waals surface area contributed by atoms with Gasteiger partial charge in [-0.1, -0.05) is 62.0 Å². The molecular weight excluding hydrogens is 1300 g/mol. The number of phenols is 2. The van der Waals surface area contributed by atoms with Crippen LogP contribution >= 0.6 is 0 Å². The van der Waals surface area contributed by atoms with Crippen LogP contribution in [-0.2, 0) is 19.0 Å². The van der Waals surface area contributed by atoms with Gasteiger partial charge in [-0.2, -0.15) is 0 Å². The molecule has 0 radical (unpaired) electrons. The molecule has 10 rings (SSSR count). The minimum Gasteiger partial charge on any atom is -0.506 e. The molecule has 8 amide bonds. The number of hydrogen-bond acceptors (Lipinski definition) is 16. The number of carbonyl (C=O) groups is 9. The van der Waals surface area contributed by atoms with Crippen molar-refractivity contribution >= 4 is 53.2 Å². The lowest BCUT2D eigenvalue weighted by Crippen LogP contribution is -2.53. The number of fused-ring (bicyclic) bond motifs is 20. The third kappa shape index (κ3) is 17.2. The van der Waals surface area contributed by atoms with E-state index < -0.39 is 125 Å². The zero-order chi connectivity index (χ0) is 73.9. The number of rotatable bonds is 3. The Bertz CT molecular complexity index is 3490. The predicted molar refractivity (Wildman–Crippen MR) is 381 cm³/mol. The molecule has 4 fully saturated rings. The number of benzene rings is 4. The molecule has 16 unspecified atom stereocenters. The van der Waals surface area contributed by atoms with Crippen LogP contribution in [-0.4, -0.2) is 151 Å². The zero-order valence-corrected chi connectivity index (χ0v) is 60.9. The summed E-state index contributed by atoms with van der Waals surface area (Å²) in [5, 5.41) is 49.2. The van der Waals surface area contributed by atoms with Crippen LogP contribution in [0.1, 0.15) is 219 Å². The molecule has 4 aromatic carbocycles. The average Bonchev–Trinajstić information content (AvgIpc) is 0.784. The first kappa shape index (κ1) is 75.6. The summed E-state index contributed by atoms with van der Waals surface area (Å²) in [6.45, 7) is 26.3. The molecule has 4 aromatic rings. The van der Waals surface area contributed by atoms with Crippen molar-refractivity contribution in [3.8, 4) is 23.0 Å². The topological polar surface area (TPSA) is 336 Å². The molecule has 0 spiro atoms. The monoisotopic (exact) mass is 1410 g/mol. The lowest BCUT2D eigenvalue weighted by Gasteiger charge is -2.40. The SMILES string of the molecule is C=CC(=O)OCC1(C)OCCOc2c3cc(C)cc2C(=O)NC2CC(NC(=O)c4cc(C)cc(c4O)C(=O)NC4CC(NC(=O)c5cc(C)cc(c5OCCO1)C(=O)NC1CC(NC(=O)c5cc(C)cc(c5O)C(=O)NC5CC(NC3=O)C(C)CC5C)C(C)CC1C)C(C)CC4C)C(C)CC2C. The van der Waals surface area contributed by atoms with E-state index in [2.05, 4.69) is 49.1 Å². The Labute approximate surface area is 597 Å². The highest BCUT2D eigenvalue weighted by atomic mass is 16.7. The van der Waals surface area contributed by atoms with E-state index in [9.17, 15) is 34.2 Å². The Morgan fingerprint density at radius 3 is 0.814 bits per heavy atom. The van der Waals surface area contributed by atoms with Gasteiger partial charge in [0, 0.05) is 54.4 Å². The minimum atomic E-state index is -1.74. The fourth-order valence-corrected chi connectivity index (χ4v) is 16.2. The van der Waals surface area contributed by atoms with Gasteiger partial charge < -0.3 is 76.4 Å². The molecule has 24 heteroatoms. The molecule has 16 atom stereocenters. The average molecular weight is 1410 g/mol. The van der Waals surface area contributed by atoms with Crippen molar-refractivity contribution < 1.29 is 77.0 Å². The van der Waals surface area contributed by atoms with Crippen LogP contribution in [0.3, 0.4) is 0 Å². The first-order valence-corrected chi connectivity index (χ1v) is 36.0. The Balaban J connectivity index is 1.09. The largest absolute Gasteiger partial charge is 0.506 e. The van der Waals surface area contributed by atoms with Gasteiger partial charge in [0.05, 0.1) is 57.7 Å². The van der Waals surface area contributed by atoms with Crippen molar-refractivity contribution in [3.05, 3.63) is 128 Å². The van der Waals surface area contributed by atoms with Crippen LogP contribution < -0.4 is 52.0 Å². The zero-order valence-electron chi connectivity index (χ0n) is 60.9. The summed E-state index contributed by atoms with van der Waals surface area (Å²) in [4.78, 5) is 132. The molecule has 4 aliphatic carbocycles. The van der Waals surface area contributed by atoms with E-state index in [1.165, 1.54) is 31.2 Å². The number of aromatic hydroxyl groups is 2. The summed E-state index contributed by atoms with van der Waals surface area (Å²) < 4.78 is 31.5. The van der Waals surface area contributed by atoms with E-state index >= 15 is 19.2 Å². The number of aryl methyl sites for hydroxylation is 4. The summed E-state index contributed by atoms with van der Waals surface area (Å²) in [6, 6.07) is 8.19. The third-order valence-corrected chi connectivity index (χ3v) is 22.1. The maximum Gasteiger partial charge on any atom is 0.330 e. The van der Waals surface area contributed by atoms with Gasteiger partial charge in [-0.05, 0) is 204 Å². The van der Waals surface area contributed by atoms with E-state index in [1.54, 1.807) is 52.0 Å². The van der Waals surface area contributed by atoms with Gasteiger partial charge in [0.15, 0.2) is 5.79 Å². The molecule has 102 heavy (non-hydrogen) atoms. The number of phenolic OH excluding ortho intramolecular Hbond substituents is 2. The molecule has 2 aliphatic heterocycles. The molecule has 14 bridgehead atoms. The van der Waals surface area contributed by atoms with Crippen molar-refractivity contribution in [2.24, 2.45) is 47.3 Å². The summed E-state index contributed by atoms with van der Waals surface area (Å²) in [5.74, 6) is -9.54. The molecule has 24 nitrogen and oxygen atoms in total. The van der Waals surface area contributed by atoms with Gasteiger partial charge in [0.2, 0.25) is 0 Å². The van der Waals surface area contributed by atoms with E-state index in [-0.39, 0.29) is 155 Å². The summed E-state index contributed by atoms with van der Waals surface area (Å²) in [6.07, 6.45) is 4.27. The standard InChI is InChI=1S/C78H102N8O16/c1-15-65(87)100-36-78(14)101-18-16-98-68-53-24-39(4)26-55(68)76(96)85-63-34-59(43(8)30-47(63)12)81-72(92)51-22-38(3)23-52(67(51)89)73(93)82-60-35-64(48(13)31-44(60)9)86-77(97)56-27-40(5)25-54(69(56)99-17-19-102-78)75(95)84-62-33-58(42(7)29-46(62)11)80-71(91)50-21-37(2)20-49(66(50)88)70(90)79-57-32-61(83-74(53)94)45(10)28-41(57)6/h15,20-27,41-48,57-64,88-89H,1,16-19,28-36H2,2-14H3,(H,79,90)(H,80,91)(H,81,92)(H,82,93)(H,83,94)(H,84,95)(H,85,96)(H,86,97). The Hall–Kier alpha value is -9.03. The smallest absolute Gasteiger partial charge is 0.330 e. The van der Waals surface area contributed by atoms with Crippen molar-refractivity contribution in [1.82, 2.24) is 42.5 Å². The number of ether oxygens (including phenoxy) is 5. The van der Waals surface area contributed by atoms with Crippen LogP contribution in [0.2, 0.25) is 0 Å². The molecule has 10 N–H and O–H groups in total. The number of esters is 1. The molecule has 4 saturated carbocycles. The highest BCUT2D eigenvalue weighted by Crippen LogP contribution is 2.39. The third-order valence-electron chi connectivity index (χ3n) is 22.1. The minimum absolute atomic E-state index is 0.00216. The fourth-order valence-electron chi connectivity index (χ4n) is 16.2. The van der Waals surface area contributed by atoms with Crippen molar-refractivity contribution in [2.45, 2.75) is 195 Å². The van der Waals surface area contributed by atoms with E-state index in [4.69, 9.17) is 23.7 Å². The maximum atomic E-state index is 15.2. The van der Waals surface area contributed by atoms with Crippen LogP contribution in [0.4, 0.5) is 0 Å². The highest BCUT2D eigenvalue weighted by molar-refractivity contribution is 6.08. The summed E-state index contributed by atoms with van der Waals surface area (Å²) in [7, 11) is 0. The molecule has 0 aromatic heterocycles. The van der Waals surface area contributed by atoms with Crippen LogP contribution in [0.5, 0.6) is 23.0 Å². The number of hydrogen-bond donors (Lipinski definition) is 10. The second-order valence-electron chi connectivity index (χ2n) is 30.5. The fraction of sp³-hybridized carbons (Fsp3) is 0.551. The van der Waals surface area contributed by atoms with E-state index in [1.807, 2.05) is 55.4 Å². The Morgan fingerprint density at radius 2 is 0.598 bits per heavy atom. The van der Waals surface area contributed by atoms with Gasteiger partial charge in [0.1, 0.15) is 42.8 Å². The van der Waals surface area contributed by atoms with Crippen LogP contribution in [0, 0.1) is 75.0 Å². The quantitative estimate of drug-likeness (QED) is 0.0677. The van der Waals surface area contributed by atoms with Crippen LogP contribution in [0.15, 0.2) is 61.2 Å². The van der Waals surface area contributed by atoms with E-state index in [0.29, 0.717) is 47.9 Å². The molecular formula is C78H102N8O16. The van der Waals surface area contributed by atoms with Crippen molar-refractivity contribution in [1.29, 1.82) is 0 Å². The highest BCUT2D eigenvalue weighted by Gasteiger charge is 2.42. The molecule has 2 heterocycles. The van der Waals surface area contributed by atoms with Crippen LogP contribution in [0.25, 0.3) is 0 Å². The number of amides is 8. The summed E-state index contributed by atoms with van der Waals surface area (Å²) >= 11 is 0. The maximum absolute atomic E-state index is 15.2. The number of carbonyl (C=O) groups excluding carboxylic acids is 9. The van der Waals surface area contributed by atoms with Gasteiger partial charge >= 0.3 is 5.97 Å². The molecule has 0 saturated heterocycles. The molecule has 550 valence electrons. The van der Waals surface area contributed by atoms with Gasteiger partial charge in [-0.3, -0.25) is 38.4 Å². The summed E-state index contributed by atoms with van der Waals surface area (Å²) in [5.41, 5.74) is 1.68. The van der Waals surface area contributed by atoms with Gasteiger partial charge in [-0.25, -0.2) is 4.79 Å². The first-order valence-electron chi connectivity index (χ1n) is 36.0. The second-order valence-corrected chi connectivity index (χ2v) is 30.5. The Morgan fingerprint density at radius 1 is 0.392 bits per heavy atom. The first-order chi connectivity index (χ1) is 48.3. The van der Waals surface area contributed by atoms with Crippen molar-refractivity contribution in [3.63, 3.8) is 0 Å². The predicted octanol–water partition coefficient (Wildman–Crippen LogP) is 8.75. The van der Waals surface area contributed by atoms with Crippen molar-refractivity contribution in [2.75, 3.05) is 33.0 Å². The van der Waals surface area contributed by atoms with Gasteiger partial charge in [0.25, 0.3) is 47.3 Å².